The van der Waals surface area contributed by atoms with Gasteiger partial charge in [-0.2, -0.15) is 4.98 Å². The molecule has 1 aromatic heterocycles. The third kappa shape index (κ3) is 1.80. The molecule has 74 valence electrons. The molecule has 2 heterocycles. The average Bonchev–Trinajstić information content (AvgIpc) is 2.46. The average molecular weight is 196 g/mol. The number of hydrogen-bond acceptors (Lipinski definition) is 5. The summed E-state index contributed by atoms with van der Waals surface area (Å²) >= 11 is 0. The summed E-state index contributed by atoms with van der Waals surface area (Å²) in [6.45, 7) is 1.20. The van der Waals surface area contributed by atoms with Crippen molar-refractivity contribution in [3.63, 3.8) is 0 Å². The Balaban J connectivity index is 2.05. The van der Waals surface area contributed by atoms with Gasteiger partial charge in [0.25, 0.3) is 5.89 Å². The Morgan fingerprint density at radius 2 is 2.36 bits per heavy atom. The fourth-order valence-corrected chi connectivity index (χ4v) is 1.01. The highest BCUT2D eigenvalue weighted by Gasteiger charge is 2.25. The summed E-state index contributed by atoms with van der Waals surface area (Å²) in [6, 6.07) is 0. The highest BCUT2D eigenvalue weighted by Crippen LogP contribution is 2.20. The number of aliphatic carboxylic acids is 1. The molecule has 6 nitrogen and oxygen atoms in total. The van der Waals surface area contributed by atoms with Crippen molar-refractivity contribution >= 4 is 12.0 Å². The van der Waals surface area contributed by atoms with Crippen LogP contribution in [0.25, 0.3) is 6.08 Å². The molecule has 1 aliphatic heterocycles. The largest absolute Gasteiger partial charge is 0.478 e. The Hall–Kier alpha value is -1.69. The van der Waals surface area contributed by atoms with Crippen LogP contribution in [-0.2, 0) is 9.53 Å². The molecular weight excluding hydrogens is 188 g/mol. The SMILES string of the molecule is O=C(O)/C=C/c1nc(C2COC2)no1. The molecule has 0 atom stereocenters. The van der Waals surface area contributed by atoms with Gasteiger partial charge in [-0.15, -0.1) is 0 Å². The quantitative estimate of drug-likeness (QED) is 0.699. The molecule has 0 bridgehead atoms. The van der Waals surface area contributed by atoms with Gasteiger partial charge in [0.15, 0.2) is 5.82 Å². The summed E-state index contributed by atoms with van der Waals surface area (Å²) < 4.78 is 9.77. The number of carboxylic acids is 1. The molecule has 1 N–H and O–H groups in total. The molecule has 0 aliphatic carbocycles. The third-order valence-corrected chi connectivity index (χ3v) is 1.83. The van der Waals surface area contributed by atoms with Gasteiger partial charge in [-0.05, 0) is 0 Å². The van der Waals surface area contributed by atoms with Crippen molar-refractivity contribution in [3.8, 4) is 0 Å². The Bertz CT molecular complexity index is 367. The van der Waals surface area contributed by atoms with Crippen molar-refractivity contribution in [2.45, 2.75) is 5.92 Å². The number of hydrogen-bond donors (Lipinski definition) is 1. The monoisotopic (exact) mass is 196 g/mol. The zero-order valence-electron chi connectivity index (χ0n) is 7.21. The first-order valence-electron chi connectivity index (χ1n) is 4.08. The van der Waals surface area contributed by atoms with Crippen LogP contribution in [0, 0.1) is 0 Å². The molecule has 1 aromatic rings. The molecular formula is C8H8N2O4. The molecule has 0 unspecified atom stereocenters. The van der Waals surface area contributed by atoms with E-state index < -0.39 is 5.97 Å². The van der Waals surface area contributed by atoms with E-state index in [2.05, 4.69) is 10.1 Å². The normalized spacial score (nSPS) is 17.1. The predicted molar refractivity (Wildman–Crippen MR) is 44.5 cm³/mol. The molecule has 0 aromatic carbocycles. The summed E-state index contributed by atoms with van der Waals surface area (Å²) in [4.78, 5) is 14.2. The minimum absolute atomic E-state index is 0.186. The Morgan fingerprint density at radius 3 is 2.93 bits per heavy atom. The van der Waals surface area contributed by atoms with Gasteiger partial charge in [0.05, 0.1) is 19.1 Å². The maximum absolute atomic E-state index is 10.2. The minimum Gasteiger partial charge on any atom is -0.478 e. The molecule has 2 rings (SSSR count). The van der Waals surface area contributed by atoms with Crippen LogP contribution >= 0.6 is 0 Å². The van der Waals surface area contributed by atoms with E-state index in [9.17, 15) is 4.79 Å². The lowest BCUT2D eigenvalue weighted by molar-refractivity contribution is -0.131. The fraction of sp³-hybridized carbons (Fsp3) is 0.375. The predicted octanol–water partition coefficient (Wildman–Crippen LogP) is 0.281. The Morgan fingerprint density at radius 1 is 1.57 bits per heavy atom. The first-order valence-corrected chi connectivity index (χ1v) is 4.08. The van der Waals surface area contributed by atoms with Gasteiger partial charge in [0.1, 0.15) is 0 Å². The lowest BCUT2D eigenvalue weighted by Crippen LogP contribution is -2.26. The number of nitrogens with zero attached hydrogens (tertiary/aromatic N) is 2. The topological polar surface area (TPSA) is 85.5 Å². The van der Waals surface area contributed by atoms with E-state index >= 15 is 0 Å². The summed E-state index contributed by atoms with van der Waals surface area (Å²) in [5.41, 5.74) is 0. The third-order valence-electron chi connectivity index (χ3n) is 1.83. The van der Waals surface area contributed by atoms with Crippen molar-refractivity contribution in [2.24, 2.45) is 0 Å². The number of carbonyl (C=O) groups is 1. The van der Waals surface area contributed by atoms with Crippen LogP contribution in [0.15, 0.2) is 10.6 Å². The fourth-order valence-electron chi connectivity index (χ4n) is 1.01. The van der Waals surface area contributed by atoms with Gasteiger partial charge < -0.3 is 14.4 Å². The molecule has 14 heavy (non-hydrogen) atoms. The molecule has 1 aliphatic rings. The van der Waals surface area contributed by atoms with Crippen LogP contribution in [-0.4, -0.2) is 34.4 Å². The minimum atomic E-state index is -1.04. The lowest BCUT2D eigenvalue weighted by Gasteiger charge is -2.21. The maximum Gasteiger partial charge on any atom is 0.328 e. The molecule has 0 amide bonds. The van der Waals surface area contributed by atoms with Gasteiger partial charge in [0, 0.05) is 12.2 Å². The van der Waals surface area contributed by atoms with Crippen LogP contribution in [0.4, 0.5) is 0 Å². The van der Waals surface area contributed by atoms with Crippen LogP contribution < -0.4 is 0 Å². The number of carboxylic acid groups (broad SMARTS) is 1. The van der Waals surface area contributed by atoms with Gasteiger partial charge >= 0.3 is 5.97 Å². The van der Waals surface area contributed by atoms with E-state index in [-0.39, 0.29) is 11.8 Å². The first-order chi connectivity index (χ1) is 6.75. The summed E-state index contributed by atoms with van der Waals surface area (Å²) in [5.74, 6) is -0.0851. The zero-order valence-corrected chi connectivity index (χ0v) is 7.21. The second-order valence-electron chi connectivity index (χ2n) is 2.90. The highest BCUT2D eigenvalue weighted by molar-refractivity contribution is 5.84. The summed E-state index contributed by atoms with van der Waals surface area (Å²) in [6.07, 6.45) is 2.22. The Labute approximate surface area is 79.2 Å². The smallest absolute Gasteiger partial charge is 0.328 e. The molecule has 1 fully saturated rings. The second-order valence-corrected chi connectivity index (χ2v) is 2.90. The summed E-state index contributed by atoms with van der Waals surface area (Å²) in [7, 11) is 0. The van der Waals surface area contributed by atoms with Crippen molar-refractivity contribution in [1.29, 1.82) is 0 Å². The lowest BCUT2D eigenvalue weighted by atomic mass is 10.1. The van der Waals surface area contributed by atoms with E-state index in [1.807, 2.05) is 0 Å². The van der Waals surface area contributed by atoms with Crippen molar-refractivity contribution in [3.05, 3.63) is 17.8 Å². The molecule has 6 heteroatoms. The number of ether oxygens (including phenoxy) is 1. The van der Waals surface area contributed by atoms with E-state index in [1.54, 1.807) is 0 Å². The number of aromatic nitrogens is 2. The van der Waals surface area contributed by atoms with Crippen LogP contribution in [0.5, 0.6) is 0 Å². The Kier molecular flexibility index (Phi) is 2.28. The van der Waals surface area contributed by atoms with Crippen LogP contribution in [0.3, 0.4) is 0 Å². The van der Waals surface area contributed by atoms with Gasteiger partial charge in [-0.25, -0.2) is 4.79 Å². The van der Waals surface area contributed by atoms with E-state index in [0.29, 0.717) is 19.0 Å². The second kappa shape index (κ2) is 3.59. The van der Waals surface area contributed by atoms with Crippen molar-refractivity contribution < 1.29 is 19.2 Å². The first kappa shape index (κ1) is 8.89. The van der Waals surface area contributed by atoms with Gasteiger partial charge in [-0.1, -0.05) is 5.16 Å². The summed E-state index contributed by atoms with van der Waals surface area (Å²) in [5, 5.41) is 12.1. The highest BCUT2D eigenvalue weighted by atomic mass is 16.5. The maximum atomic E-state index is 10.2. The van der Waals surface area contributed by atoms with Crippen molar-refractivity contribution in [2.75, 3.05) is 13.2 Å². The van der Waals surface area contributed by atoms with Crippen molar-refractivity contribution in [1.82, 2.24) is 10.1 Å². The van der Waals surface area contributed by atoms with E-state index in [4.69, 9.17) is 14.4 Å². The number of rotatable bonds is 3. The van der Waals surface area contributed by atoms with Crippen LogP contribution in [0.2, 0.25) is 0 Å². The molecule has 1 saturated heterocycles. The van der Waals surface area contributed by atoms with Gasteiger partial charge in [-0.3, -0.25) is 0 Å². The molecule has 0 spiro atoms. The van der Waals surface area contributed by atoms with Gasteiger partial charge in [0.2, 0.25) is 0 Å². The zero-order chi connectivity index (χ0) is 9.97. The van der Waals surface area contributed by atoms with E-state index in [0.717, 1.165) is 6.08 Å². The van der Waals surface area contributed by atoms with Crippen LogP contribution in [0.1, 0.15) is 17.6 Å². The standard InChI is InChI=1S/C8H8N2O4/c11-7(12)2-1-6-9-8(10-14-6)5-3-13-4-5/h1-2,5H,3-4H2,(H,11,12)/b2-1+. The molecule has 0 radical (unpaired) electrons. The molecule has 0 saturated carbocycles. The van der Waals surface area contributed by atoms with E-state index in [1.165, 1.54) is 6.08 Å².